The van der Waals surface area contributed by atoms with Gasteiger partial charge in [0.1, 0.15) is 17.3 Å². The molecule has 13 aromatic rings. The molecule has 15 rings (SSSR count). The van der Waals surface area contributed by atoms with Crippen LogP contribution in [0.1, 0.15) is 187 Å². The first-order chi connectivity index (χ1) is 57.8. The number of aryl methyl sites for hydroxylation is 2. The average Bonchev–Trinajstić information content (AvgIpc) is 0.706. The fourth-order valence-electron chi connectivity index (χ4n) is 12.8. The minimum absolute atomic E-state index is 0.0163. The summed E-state index contributed by atoms with van der Waals surface area (Å²) in [5.74, 6) is 0.950. The van der Waals surface area contributed by atoms with Gasteiger partial charge in [-0.05, 0) is 226 Å². The van der Waals surface area contributed by atoms with Crippen molar-refractivity contribution in [2.75, 3.05) is 0 Å². The fraction of sp³-hybridized carbons (Fsp3) is 0.250. The molecular weight excluding hydrogens is 1130 g/mol. The van der Waals surface area contributed by atoms with Crippen molar-refractivity contribution in [2.24, 2.45) is 0 Å². The van der Waals surface area contributed by atoms with Gasteiger partial charge in [0.25, 0.3) is 6.33 Å². The Morgan fingerprint density at radius 2 is 1.12 bits per heavy atom. The highest BCUT2D eigenvalue weighted by atomic mass is 16.5. The third-order valence-corrected chi connectivity index (χ3v) is 17.7. The highest BCUT2D eigenvalue weighted by molar-refractivity contribution is 6.10. The van der Waals surface area contributed by atoms with E-state index in [9.17, 15) is 28.8 Å². The maximum absolute atomic E-state index is 10.6. The second-order valence-electron chi connectivity index (χ2n) is 27.1. The summed E-state index contributed by atoms with van der Waals surface area (Å²) in [6.45, 7) is -6.24. The highest BCUT2D eigenvalue weighted by Gasteiger charge is 2.38. The van der Waals surface area contributed by atoms with E-state index in [-0.39, 0.29) is 67.1 Å². The molecule has 0 saturated heterocycles. The maximum Gasteiger partial charge on any atom is 0.269 e. The Morgan fingerprint density at radius 3 is 1.80 bits per heavy atom. The van der Waals surface area contributed by atoms with Gasteiger partial charge >= 0.3 is 0 Å². The minimum atomic E-state index is -4.77. The van der Waals surface area contributed by atoms with Crippen molar-refractivity contribution in [3.05, 3.63) is 257 Å². The molecule has 1 aliphatic carbocycles. The van der Waals surface area contributed by atoms with Crippen LogP contribution in [0.25, 0.3) is 117 Å². The zero-order valence-corrected chi connectivity index (χ0v) is 52.6. The van der Waals surface area contributed by atoms with E-state index in [1.807, 2.05) is 113 Å². The Balaban J connectivity index is 1.20. The molecule has 0 N–H and O–H groups in total. The monoisotopic (exact) mass is 1250 g/mol. The van der Waals surface area contributed by atoms with E-state index in [0.717, 1.165) is 27.9 Å². The number of hydrogen-bond donors (Lipinski definition) is 0. The van der Waals surface area contributed by atoms with Gasteiger partial charge in [-0.3, -0.25) is 13.7 Å². The minimum Gasteiger partial charge on any atom is -0.458 e. The summed E-state index contributed by atoms with van der Waals surface area (Å²) in [5.41, 5.74) is -17.8. The van der Waals surface area contributed by atoms with Gasteiger partial charge in [-0.1, -0.05) is 223 Å². The van der Waals surface area contributed by atoms with Crippen LogP contribution in [-0.4, -0.2) is 14.1 Å². The molecule has 0 amide bonds. The van der Waals surface area contributed by atoms with E-state index < -0.39 is 203 Å². The summed E-state index contributed by atoms with van der Waals surface area (Å²) < 4.78 is 326. The molecule has 0 bridgehead atoms. The molecule has 0 saturated carbocycles. The topological polar surface area (TPSA) is 35.9 Å². The van der Waals surface area contributed by atoms with Gasteiger partial charge < -0.3 is 4.74 Å². The van der Waals surface area contributed by atoms with E-state index >= 15 is 0 Å². The molecule has 462 valence electrons. The van der Waals surface area contributed by atoms with Crippen molar-refractivity contribution >= 4 is 32.8 Å². The van der Waals surface area contributed by atoms with Crippen LogP contribution < -0.4 is 9.30 Å². The summed E-state index contributed by atoms with van der Waals surface area (Å²) in [6, 6.07) is 25.2. The normalized spacial score (nSPS) is 21.3. The van der Waals surface area contributed by atoms with E-state index in [0.29, 0.717) is 22.5 Å². The Kier molecular flexibility index (Phi) is 7.70. The summed E-state index contributed by atoms with van der Waals surface area (Å²) in [4.78, 5) is 4.85. The molecule has 5 heteroatoms. The second-order valence-corrected chi connectivity index (χ2v) is 27.1. The number of fused-ring (bicyclic) bond motifs is 11. The van der Waals surface area contributed by atoms with E-state index in [4.69, 9.17) is 26.2 Å². The van der Waals surface area contributed by atoms with Crippen molar-refractivity contribution in [1.29, 1.82) is 0 Å². The lowest BCUT2D eigenvalue weighted by Crippen LogP contribution is -2.33. The zero-order chi connectivity index (χ0) is 93.0. The second kappa shape index (κ2) is 21.5. The molecule has 0 spiro atoms. The first kappa shape index (κ1) is 33.3. The molecule has 2 aliphatic rings. The zero-order valence-electron chi connectivity index (χ0n) is 85.6. The number of nitrogens with zero attached hydrogens (tertiary/aromatic N) is 4. The summed E-state index contributed by atoms with van der Waals surface area (Å²) >= 11 is 0. The molecule has 0 fully saturated rings. The number of imidazole rings is 1. The molecule has 0 atom stereocenters. The SMILES string of the molecule is [2H]c1c([2H])c([2H])c2c(c1[2H])-c1cc(-c3c(C([2H])([2H])[2H])cccc3C([2H])([2H])[2H])cc(-c3cc(C(C)(C)C)cc(C(C)(C)C)c3)c1-[n+]1[c-]n(-c3cccc(Oc4ccc5c6ccccc6n(-c6cc(C(C)(C)C)ccn6)c5c4)c3)c3cc(-c4c([2H])c([2H])c5c(c4[2H])C(C([2H])([2H])[2H])(C([2H])([2H])[2H])C([2H])([2H])C([2H])([2H])C5(C([2H])([2H])[2H])C([2H])([2H])[2H])cc(c31)-c1c([2H])c([2H])c([2H])c([2H])c1-2. The number of aromatic nitrogens is 4. The molecular formula is C88H84N4O. The summed E-state index contributed by atoms with van der Waals surface area (Å²) in [7, 11) is 0. The van der Waals surface area contributed by atoms with Crippen molar-refractivity contribution in [2.45, 2.75) is 143 Å². The van der Waals surface area contributed by atoms with Gasteiger partial charge in [0, 0.05) is 53.2 Å². The van der Waals surface area contributed by atoms with Gasteiger partial charge in [0.15, 0.2) is 0 Å². The van der Waals surface area contributed by atoms with Gasteiger partial charge in [-0.25, -0.2) is 4.98 Å². The summed E-state index contributed by atoms with van der Waals surface area (Å²) in [6.07, 6.45) is -4.29. The Morgan fingerprint density at radius 1 is 0.505 bits per heavy atom. The maximum atomic E-state index is 10.6. The van der Waals surface area contributed by atoms with Crippen LogP contribution in [0.2, 0.25) is 0 Å². The molecule has 0 radical (unpaired) electrons. The largest absolute Gasteiger partial charge is 0.458 e. The number of hydrogen-bond acceptors (Lipinski definition) is 2. The lowest BCUT2D eigenvalue weighted by atomic mass is 9.63. The van der Waals surface area contributed by atoms with Crippen LogP contribution in [0.4, 0.5) is 0 Å². The van der Waals surface area contributed by atoms with Gasteiger partial charge in [0.05, 0.1) is 48.5 Å². The van der Waals surface area contributed by atoms with Crippen LogP contribution in [0.5, 0.6) is 11.5 Å². The number of ether oxygens (including phenoxy) is 1. The Bertz CT molecular complexity index is 6720. The Hall–Kier alpha value is -9.58. The predicted molar refractivity (Wildman–Crippen MR) is 389 cm³/mol. The van der Waals surface area contributed by atoms with Crippen molar-refractivity contribution in [3.8, 4) is 95.5 Å². The van der Waals surface area contributed by atoms with Crippen LogP contribution in [0.3, 0.4) is 0 Å². The van der Waals surface area contributed by atoms with Crippen LogP contribution in [0.15, 0.2) is 212 Å². The van der Waals surface area contributed by atoms with Gasteiger partial charge in [-0.2, -0.15) is 0 Å². The standard InChI is InChI=1S/C88H84N4O/c1-54-24-22-25-55(2)81(54)59-45-72(58-42-61(85(6,7)8)49-62(43-58)86(9,10)11)82-73(46-59)68-30-18-16-28-66(68)67-29-17-19-31-69(67)74-44-57(56-34-37-75-76(47-56)88(14,15)40-39-87(75,12)13)48-79-83(74)91(82)53-90(79)63-26-23-27-64(51-63)93-65-35-36-71-70-32-20-21-33-77(70)92(78(71)52-65)80-50-60(38-41-89-80)84(3,4)5/h16-38,41-52H,39-40H2,1-15H3/i1D3,2D3,12D3,13D3,14D3,15D3,16D,17D,18D,19D,28D,29D,30D,31D,34D,37D,39D2,40D2,47D. The quantitative estimate of drug-likeness (QED) is 0.118. The fourth-order valence-corrected chi connectivity index (χ4v) is 12.8. The Labute approximate surface area is 596 Å². The number of benzene rings is 10. The third-order valence-electron chi connectivity index (χ3n) is 17.7. The third kappa shape index (κ3) is 10.2. The van der Waals surface area contributed by atoms with E-state index in [2.05, 4.69) is 27.1 Å². The highest BCUT2D eigenvalue weighted by Crippen LogP contribution is 2.51. The first-order valence-corrected chi connectivity index (χ1v) is 30.5. The van der Waals surface area contributed by atoms with Crippen molar-refractivity contribution in [3.63, 3.8) is 0 Å². The molecule has 4 heterocycles. The average molecular weight is 1250 g/mol. The molecule has 10 aromatic carbocycles. The van der Waals surface area contributed by atoms with Crippen molar-refractivity contribution in [1.82, 2.24) is 14.1 Å². The molecule has 0 unspecified atom stereocenters. The molecule has 3 aromatic heterocycles. The smallest absolute Gasteiger partial charge is 0.269 e. The van der Waals surface area contributed by atoms with E-state index in [1.165, 1.54) is 51.6 Å². The van der Waals surface area contributed by atoms with Gasteiger partial charge in [0.2, 0.25) is 0 Å². The van der Waals surface area contributed by atoms with E-state index in [1.54, 1.807) is 30.5 Å². The lowest BCUT2D eigenvalue weighted by molar-refractivity contribution is -0.570. The molecule has 93 heavy (non-hydrogen) atoms. The summed E-state index contributed by atoms with van der Waals surface area (Å²) in [5, 5.41) is 1.70. The van der Waals surface area contributed by atoms with Crippen LogP contribution in [0, 0.1) is 20.0 Å². The van der Waals surface area contributed by atoms with Gasteiger partial charge in [-0.15, -0.1) is 0 Å². The molecule has 1 aliphatic heterocycles. The van der Waals surface area contributed by atoms with Crippen molar-refractivity contribution < 1.29 is 54.5 Å². The number of rotatable bonds is 7. The lowest BCUT2D eigenvalue weighted by Gasteiger charge is -2.42. The molecule has 5 nitrogen and oxygen atoms in total. The van der Waals surface area contributed by atoms with Crippen LogP contribution >= 0.6 is 0 Å². The predicted octanol–water partition coefficient (Wildman–Crippen LogP) is 23.2. The number of pyridine rings is 1. The van der Waals surface area contributed by atoms with Crippen LogP contribution in [-0.2, 0) is 27.1 Å². The first-order valence-electron chi connectivity index (χ1n) is 47.0. The number of para-hydroxylation sites is 1.